The third-order valence-corrected chi connectivity index (χ3v) is 6.38. The summed E-state index contributed by atoms with van der Waals surface area (Å²) in [6.45, 7) is 2.17. The average molecular weight is 309 g/mol. The van der Waals surface area contributed by atoms with Crippen molar-refractivity contribution in [2.24, 2.45) is 11.8 Å². The molecule has 0 aliphatic heterocycles. The average Bonchev–Trinajstić information content (AvgIpc) is 3.34. The summed E-state index contributed by atoms with van der Waals surface area (Å²) in [5, 5.41) is 21.7. The van der Waals surface area contributed by atoms with Gasteiger partial charge in [-0.15, -0.1) is 0 Å². The van der Waals surface area contributed by atoms with Crippen LogP contribution in [0.1, 0.15) is 61.1 Å². The summed E-state index contributed by atoms with van der Waals surface area (Å²) in [4.78, 5) is 0. The predicted molar refractivity (Wildman–Crippen MR) is 89.4 cm³/mol. The summed E-state index contributed by atoms with van der Waals surface area (Å²) >= 11 is 0. The Labute approximate surface area is 136 Å². The Kier molecular flexibility index (Phi) is 2.68. The smallest absolute Gasteiger partial charge is 0.202 e. The molecule has 2 fully saturated rings. The third kappa shape index (κ3) is 1.71. The van der Waals surface area contributed by atoms with Gasteiger partial charge in [0.15, 0.2) is 0 Å². The lowest BCUT2D eigenvalue weighted by atomic mass is 9.68. The minimum atomic E-state index is 0.279. The maximum atomic E-state index is 10.8. The van der Waals surface area contributed by atoms with E-state index in [0.717, 1.165) is 41.5 Å². The Morgan fingerprint density at radius 1 is 0.957 bits per heavy atom. The molecule has 6 rings (SSSR count). The highest BCUT2D eigenvalue weighted by atomic mass is 16.3. The van der Waals surface area contributed by atoms with E-state index >= 15 is 0 Å². The van der Waals surface area contributed by atoms with Crippen LogP contribution in [0.2, 0.25) is 0 Å². The lowest BCUT2D eigenvalue weighted by molar-refractivity contribution is 0.322. The fourth-order valence-corrected chi connectivity index (χ4v) is 5.32. The van der Waals surface area contributed by atoms with Crippen LogP contribution in [-0.4, -0.2) is 14.8 Å². The zero-order chi connectivity index (χ0) is 15.7. The maximum absolute atomic E-state index is 10.8. The molecule has 2 bridgehead atoms. The second-order valence-electron chi connectivity index (χ2n) is 7.58. The first-order valence-corrected chi connectivity index (χ1v) is 8.96. The van der Waals surface area contributed by atoms with E-state index in [1.807, 2.05) is 12.1 Å². The van der Waals surface area contributed by atoms with Crippen molar-refractivity contribution in [2.45, 2.75) is 50.9 Å². The van der Waals surface area contributed by atoms with E-state index in [9.17, 15) is 10.2 Å². The van der Waals surface area contributed by atoms with Gasteiger partial charge in [0, 0.05) is 11.1 Å². The summed E-state index contributed by atoms with van der Waals surface area (Å²) in [5.74, 6) is 3.00. The topological polar surface area (TPSA) is 45.4 Å². The van der Waals surface area contributed by atoms with Gasteiger partial charge in [-0.25, -0.2) is 0 Å². The van der Waals surface area contributed by atoms with Gasteiger partial charge in [-0.1, -0.05) is 25.5 Å². The number of nitrogens with zero attached hydrogens (tertiary/aromatic N) is 1. The number of rotatable bonds is 3. The lowest BCUT2D eigenvalue weighted by Crippen LogP contribution is -2.22. The standard InChI is InChI=1S/C20H23NO2/c1-2-3-11-4-6-12(7-5-11)21-19(22)17-13-8-9-14(16-10-15(13)16)18(17)20(21)23/h4-7,13-16,22-23H,2-3,8-10H2,1H3/t13-,14+,15+,16-. The summed E-state index contributed by atoms with van der Waals surface area (Å²) in [6.07, 6.45) is 5.82. The molecule has 3 heteroatoms. The molecular formula is C20H23NO2. The van der Waals surface area contributed by atoms with E-state index in [0.29, 0.717) is 11.8 Å². The van der Waals surface area contributed by atoms with Crippen molar-refractivity contribution in [3.05, 3.63) is 41.0 Å². The van der Waals surface area contributed by atoms with Crippen LogP contribution in [-0.2, 0) is 6.42 Å². The Morgan fingerprint density at radius 3 is 2.04 bits per heavy atom. The van der Waals surface area contributed by atoms with Gasteiger partial charge in [0.1, 0.15) is 0 Å². The van der Waals surface area contributed by atoms with E-state index in [1.165, 1.54) is 24.8 Å². The van der Waals surface area contributed by atoms with Crippen molar-refractivity contribution < 1.29 is 10.2 Å². The molecular weight excluding hydrogens is 286 g/mol. The van der Waals surface area contributed by atoms with Crippen LogP contribution in [0.15, 0.2) is 24.3 Å². The van der Waals surface area contributed by atoms with Crippen molar-refractivity contribution >= 4 is 0 Å². The predicted octanol–water partition coefficient (Wildman–Crippen LogP) is 4.45. The first-order valence-electron chi connectivity index (χ1n) is 8.96. The van der Waals surface area contributed by atoms with Crippen molar-refractivity contribution in [2.75, 3.05) is 0 Å². The minimum Gasteiger partial charge on any atom is -0.494 e. The summed E-state index contributed by atoms with van der Waals surface area (Å²) in [7, 11) is 0. The number of aromatic nitrogens is 1. The van der Waals surface area contributed by atoms with Crippen LogP contribution in [0.4, 0.5) is 0 Å². The Hall–Kier alpha value is -1.90. The zero-order valence-corrected chi connectivity index (χ0v) is 13.5. The first-order chi connectivity index (χ1) is 11.2. The highest BCUT2D eigenvalue weighted by Gasteiger charge is 2.58. The Balaban J connectivity index is 1.63. The molecule has 1 heterocycles. The molecule has 4 atom stereocenters. The van der Waals surface area contributed by atoms with Crippen LogP contribution < -0.4 is 0 Å². The monoisotopic (exact) mass is 309 g/mol. The molecule has 0 spiro atoms. The van der Waals surface area contributed by atoms with Crippen molar-refractivity contribution in [3.8, 4) is 17.4 Å². The summed E-state index contributed by atoms with van der Waals surface area (Å²) in [5.41, 5.74) is 4.26. The molecule has 4 aliphatic rings. The quantitative estimate of drug-likeness (QED) is 0.879. The Morgan fingerprint density at radius 2 is 1.52 bits per heavy atom. The number of fused-ring (bicyclic) bond motifs is 1. The van der Waals surface area contributed by atoms with Gasteiger partial charge in [0.05, 0.1) is 5.69 Å². The highest BCUT2D eigenvalue weighted by Crippen LogP contribution is 2.70. The van der Waals surface area contributed by atoms with Crippen LogP contribution in [0.5, 0.6) is 11.8 Å². The van der Waals surface area contributed by atoms with Gasteiger partial charge in [-0.2, -0.15) is 0 Å². The largest absolute Gasteiger partial charge is 0.494 e. The van der Waals surface area contributed by atoms with Gasteiger partial charge < -0.3 is 10.2 Å². The molecule has 120 valence electrons. The molecule has 23 heavy (non-hydrogen) atoms. The number of benzene rings is 1. The molecule has 4 aliphatic carbocycles. The molecule has 1 aromatic heterocycles. The van der Waals surface area contributed by atoms with E-state index < -0.39 is 0 Å². The van der Waals surface area contributed by atoms with Gasteiger partial charge in [-0.05, 0) is 67.1 Å². The zero-order valence-electron chi connectivity index (χ0n) is 13.5. The van der Waals surface area contributed by atoms with Crippen molar-refractivity contribution in [1.82, 2.24) is 4.57 Å². The maximum Gasteiger partial charge on any atom is 0.202 e. The molecule has 0 saturated heterocycles. The molecule has 0 amide bonds. The van der Waals surface area contributed by atoms with E-state index in [2.05, 4.69) is 19.1 Å². The van der Waals surface area contributed by atoms with E-state index in [-0.39, 0.29) is 11.8 Å². The SMILES string of the molecule is CCCc1ccc(-n2c(O)c3c(c2O)[C@@H]2CC[C@H]3[C@H]3C[C@H]32)cc1. The second kappa shape index (κ2) is 4.56. The molecule has 2 aromatic rings. The fraction of sp³-hybridized carbons (Fsp3) is 0.500. The van der Waals surface area contributed by atoms with Crippen LogP contribution in [0.3, 0.4) is 0 Å². The molecule has 2 N–H and O–H groups in total. The third-order valence-electron chi connectivity index (χ3n) is 6.38. The summed E-state index contributed by atoms with van der Waals surface area (Å²) in [6, 6.07) is 8.22. The normalized spacial score (nSPS) is 30.1. The van der Waals surface area contributed by atoms with Gasteiger partial charge in [0.2, 0.25) is 11.8 Å². The minimum absolute atomic E-state index is 0.279. The number of aromatic hydroxyl groups is 2. The Bertz CT molecular complexity index is 734. The van der Waals surface area contributed by atoms with Gasteiger partial charge >= 0.3 is 0 Å². The second-order valence-corrected chi connectivity index (χ2v) is 7.58. The van der Waals surface area contributed by atoms with Crippen molar-refractivity contribution in [3.63, 3.8) is 0 Å². The fourth-order valence-electron chi connectivity index (χ4n) is 5.32. The van der Waals surface area contributed by atoms with Crippen molar-refractivity contribution in [1.29, 1.82) is 0 Å². The van der Waals surface area contributed by atoms with E-state index in [1.54, 1.807) is 4.57 Å². The van der Waals surface area contributed by atoms with E-state index in [4.69, 9.17) is 0 Å². The molecule has 2 saturated carbocycles. The lowest BCUT2D eigenvalue weighted by Gasteiger charge is -2.35. The molecule has 1 aromatic carbocycles. The number of aryl methyl sites for hydroxylation is 1. The molecule has 0 unspecified atom stereocenters. The highest BCUT2D eigenvalue weighted by molar-refractivity contribution is 5.59. The van der Waals surface area contributed by atoms with Crippen LogP contribution in [0.25, 0.3) is 5.69 Å². The summed E-state index contributed by atoms with van der Waals surface area (Å²) < 4.78 is 1.66. The number of hydrogen-bond acceptors (Lipinski definition) is 2. The molecule has 3 nitrogen and oxygen atoms in total. The van der Waals surface area contributed by atoms with Gasteiger partial charge in [0.25, 0.3) is 0 Å². The van der Waals surface area contributed by atoms with Gasteiger partial charge in [-0.3, -0.25) is 4.57 Å². The number of hydrogen-bond donors (Lipinski definition) is 2. The van der Waals surface area contributed by atoms with Crippen LogP contribution >= 0.6 is 0 Å². The molecule has 0 radical (unpaired) electrons. The van der Waals surface area contributed by atoms with Crippen LogP contribution in [0, 0.1) is 11.8 Å². The first kappa shape index (κ1) is 13.5.